The molecule has 5 heteroatoms. The van der Waals surface area contributed by atoms with Crippen molar-refractivity contribution in [2.45, 2.75) is 55.4 Å². The third kappa shape index (κ3) is 20.9. The van der Waals surface area contributed by atoms with Crippen molar-refractivity contribution >= 4 is 22.8 Å². The first-order valence-corrected chi connectivity index (χ1v) is 8.14. The van der Waals surface area contributed by atoms with Crippen molar-refractivity contribution in [3.63, 3.8) is 0 Å². The van der Waals surface area contributed by atoms with Gasteiger partial charge in [0.05, 0.1) is 0 Å². The van der Waals surface area contributed by atoms with Gasteiger partial charge in [-0.2, -0.15) is 0 Å². The molecule has 0 amide bonds. The fourth-order valence-corrected chi connectivity index (χ4v) is 1.78. The van der Waals surface area contributed by atoms with Gasteiger partial charge in [0, 0.05) is 26.2 Å². The third-order valence-electron chi connectivity index (χ3n) is 2.47. The molecular formula is C18H34N4Ni. The largest absolute Gasteiger partial charge is 2.00 e. The Labute approximate surface area is 154 Å². The van der Waals surface area contributed by atoms with Crippen molar-refractivity contribution in [3.05, 3.63) is 12.8 Å². The molecule has 0 radical (unpaired) electrons. The van der Waals surface area contributed by atoms with Gasteiger partial charge < -0.3 is 32.8 Å². The number of rotatable bonds is 8. The van der Waals surface area contributed by atoms with Crippen molar-refractivity contribution in [1.82, 2.24) is 0 Å². The van der Waals surface area contributed by atoms with E-state index in [0.29, 0.717) is 0 Å². The van der Waals surface area contributed by atoms with E-state index in [1.54, 1.807) is 0 Å². The number of hydrogen-bond acceptors (Lipinski definition) is 4. The van der Waals surface area contributed by atoms with Crippen LogP contribution in [0.3, 0.4) is 0 Å². The fraction of sp³-hybridized carbons (Fsp3) is 0.667. The Morgan fingerprint density at radius 1 is 0.522 bits per heavy atom. The van der Waals surface area contributed by atoms with Crippen molar-refractivity contribution in [2.75, 3.05) is 26.2 Å². The molecule has 0 atom stereocenters. The Kier molecular flexibility index (Phi) is 22.1. The van der Waals surface area contributed by atoms with Crippen molar-refractivity contribution in [3.8, 4) is 0 Å². The maximum absolute atomic E-state index is 4.23. The zero-order valence-electron chi connectivity index (χ0n) is 16.1. The van der Waals surface area contributed by atoms with Crippen LogP contribution in [-0.4, -0.2) is 49.0 Å². The van der Waals surface area contributed by atoms with E-state index in [4.69, 9.17) is 0 Å². The Morgan fingerprint density at radius 3 is 0.826 bits per heavy atom. The van der Waals surface area contributed by atoms with Crippen LogP contribution in [0, 0.1) is 12.8 Å². The predicted molar refractivity (Wildman–Crippen MR) is 103 cm³/mol. The van der Waals surface area contributed by atoms with E-state index in [1.807, 2.05) is 68.2 Å². The SMILES string of the molecule is CCN=C(C)[CH-]C(C)=NCC.CCN=C(C)[CH-]C(C)=NCC.[Ni+2]. The number of aliphatic imine (C=N–C) groups is 4. The second-order valence-corrected chi connectivity index (χ2v) is 4.75. The Morgan fingerprint density at radius 2 is 0.696 bits per heavy atom. The molecule has 136 valence electrons. The van der Waals surface area contributed by atoms with Crippen LogP contribution < -0.4 is 0 Å². The van der Waals surface area contributed by atoms with Crippen LogP contribution in [-0.2, 0) is 16.5 Å². The molecule has 0 heterocycles. The van der Waals surface area contributed by atoms with Crippen LogP contribution in [0.25, 0.3) is 0 Å². The number of hydrogen-bond donors (Lipinski definition) is 0. The normalized spacial score (nSPS) is 12.9. The minimum Gasteiger partial charge on any atom is -0.326 e. The van der Waals surface area contributed by atoms with Crippen LogP contribution in [0.15, 0.2) is 20.0 Å². The molecule has 0 aliphatic rings. The summed E-state index contributed by atoms with van der Waals surface area (Å²) in [6.07, 6.45) is 4.01. The molecule has 0 fully saturated rings. The van der Waals surface area contributed by atoms with E-state index >= 15 is 0 Å². The minimum atomic E-state index is 0. The summed E-state index contributed by atoms with van der Waals surface area (Å²) in [5.74, 6) is 0. The van der Waals surface area contributed by atoms with Crippen LogP contribution in [0.1, 0.15) is 55.4 Å². The summed E-state index contributed by atoms with van der Waals surface area (Å²) in [6.45, 7) is 19.5. The minimum absolute atomic E-state index is 0. The van der Waals surface area contributed by atoms with E-state index in [-0.39, 0.29) is 16.5 Å². The van der Waals surface area contributed by atoms with Gasteiger partial charge in [-0.1, -0.05) is 27.7 Å². The van der Waals surface area contributed by atoms with E-state index in [9.17, 15) is 0 Å². The molecule has 0 rings (SSSR count). The van der Waals surface area contributed by atoms with E-state index in [2.05, 4.69) is 20.0 Å². The van der Waals surface area contributed by atoms with Crippen LogP contribution in [0.5, 0.6) is 0 Å². The average Bonchev–Trinajstić information content (AvgIpc) is 2.40. The fourth-order valence-electron chi connectivity index (χ4n) is 1.78. The van der Waals surface area contributed by atoms with Crippen LogP contribution >= 0.6 is 0 Å². The summed E-state index contributed by atoms with van der Waals surface area (Å²) >= 11 is 0. The van der Waals surface area contributed by atoms with Crippen molar-refractivity contribution in [2.24, 2.45) is 20.0 Å². The van der Waals surface area contributed by atoms with E-state index in [0.717, 1.165) is 49.0 Å². The van der Waals surface area contributed by atoms with E-state index in [1.165, 1.54) is 0 Å². The Bertz CT molecular complexity index is 322. The standard InChI is InChI=1S/2C9H17N2.Ni/c2*1-5-10-8(3)7-9(4)11-6-2;/h2*7H,5-6H2,1-4H3;/q2*-1;+2. The summed E-state index contributed by atoms with van der Waals surface area (Å²) < 4.78 is 0. The smallest absolute Gasteiger partial charge is 0.326 e. The molecule has 0 aromatic rings. The summed E-state index contributed by atoms with van der Waals surface area (Å²) in [5, 5.41) is 0. The third-order valence-corrected chi connectivity index (χ3v) is 2.47. The zero-order chi connectivity index (χ0) is 17.4. The van der Waals surface area contributed by atoms with Gasteiger partial charge in [-0.3, -0.25) is 0 Å². The first-order valence-electron chi connectivity index (χ1n) is 8.14. The molecule has 0 unspecified atom stereocenters. The molecule has 0 aromatic heterocycles. The van der Waals surface area contributed by atoms with E-state index < -0.39 is 0 Å². The first-order chi connectivity index (χ1) is 10.4. The van der Waals surface area contributed by atoms with Crippen molar-refractivity contribution < 1.29 is 16.5 Å². The Hall–Kier alpha value is -1.09. The molecule has 0 aromatic carbocycles. The second-order valence-electron chi connectivity index (χ2n) is 4.75. The molecule has 23 heavy (non-hydrogen) atoms. The van der Waals surface area contributed by atoms with Gasteiger partial charge in [0.2, 0.25) is 0 Å². The number of nitrogens with zero attached hydrogens (tertiary/aromatic N) is 4. The van der Waals surface area contributed by atoms with Gasteiger partial charge in [0.1, 0.15) is 0 Å². The first kappa shape index (κ1) is 26.8. The van der Waals surface area contributed by atoms with Gasteiger partial charge in [0.25, 0.3) is 0 Å². The van der Waals surface area contributed by atoms with Crippen LogP contribution in [0.2, 0.25) is 0 Å². The average molecular weight is 365 g/mol. The maximum Gasteiger partial charge on any atom is 2.00 e. The summed E-state index contributed by atoms with van der Waals surface area (Å²) in [6, 6.07) is 0. The van der Waals surface area contributed by atoms with Gasteiger partial charge in [-0.05, 0) is 27.7 Å². The molecular weight excluding hydrogens is 331 g/mol. The molecule has 0 aliphatic heterocycles. The van der Waals surface area contributed by atoms with Gasteiger partial charge >= 0.3 is 16.5 Å². The molecule has 0 N–H and O–H groups in total. The Balaban J connectivity index is -0.000000333. The zero-order valence-corrected chi connectivity index (χ0v) is 17.1. The summed E-state index contributed by atoms with van der Waals surface area (Å²) in [5.41, 5.74) is 4.23. The molecule has 0 spiro atoms. The van der Waals surface area contributed by atoms with Gasteiger partial charge in [-0.15, -0.1) is 22.8 Å². The monoisotopic (exact) mass is 364 g/mol. The quantitative estimate of drug-likeness (QED) is 0.350. The van der Waals surface area contributed by atoms with Gasteiger partial charge in [-0.25, -0.2) is 0 Å². The van der Waals surface area contributed by atoms with Crippen molar-refractivity contribution in [1.29, 1.82) is 0 Å². The summed E-state index contributed by atoms with van der Waals surface area (Å²) in [7, 11) is 0. The topological polar surface area (TPSA) is 49.4 Å². The second kappa shape index (κ2) is 19.0. The predicted octanol–water partition coefficient (Wildman–Crippen LogP) is 4.30. The maximum atomic E-state index is 4.23. The van der Waals surface area contributed by atoms with Crippen LogP contribution in [0.4, 0.5) is 0 Å². The molecule has 0 bridgehead atoms. The van der Waals surface area contributed by atoms with Gasteiger partial charge in [0.15, 0.2) is 0 Å². The summed E-state index contributed by atoms with van der Waals surface area (Å²) in [4.78, 5) is 16.9. The molecule has 0 saturated carbocycles. The molecule has 0 saturated heterocycles. The molecule has 0 aliphatic carbocycles. The molecule has 4 nitrogen and oxygen atoms in total.